The summed E-state index contributed by atoms with van der Waals surface area (Å²) in [5.41, 5.74) is 5.65. The predicted molar refractivity (Wildman–Crippen MR) is 69.4 cm³/mol. The van der Waals surface area contributed by atoms with Crippen LogP contribution in [0.2, 0.25) is 0 Å². The summed E-state index contributed by atoms with van der Waals surface area (Å²) in [5.74, 6) is -1.96. The number of primary amides is 1. The average Bonchev–Trinajstić information content (AvgIpc) is 2.92. The molecule has 0 radical (unpaired) electrons. The molecule has 1 fully saturated rings. The molecule has 0 aliphatic carbocycles. The highest BCUT2D eigenvalue weighted by Gasteiger charge is 2.25. The molecule has 1 heterocycles. The van der Waals surface area contributed by atoms with E-state index < -0.39 is 17.7 Å². The lowest BCUT2D eigenvalue weighted by molar-refractivity contribution is -0.142. The fourth-order valence-electron chi connectivity index (χ4n) is 2.05. The van der Waals surface area contributed by atoms with Crippen LogP contribution in [-0.4, -0.2) is 35.7 Å². The number of hydrogen-bond acceptors (Lipinski definition) is 3. The maximum atomic E-state index is 11.8. The molecular formula is C13H15N3O3. The second-order valence-electron chi connectivity index (χ2n) is 4.36. The molecule has 100 valence electrons. The summed E-state index contributed by atoms with van der Waals surface area (Å²) in [6.45, 7) is 1.20. The van der Waals surface area contributed by atoms with Crippen molar-refractivity contribution >= 4 is 23.4 Å². The smallest absolute Gasteiger partial charge is 0.313 e. The molecule has 3 N–H and O–H groups in total. The highest BCUT2D eigenvalue weighted by Crippen LogP contribution is 2.15. The lowest BCUT2D eigenvalue weighted by Crippen LogP contribution is -2.38. The number of rotatable bonds is 2. The van der Waals surface area contributed by atoms with Crippen LogP contribution in [0.4, 0.5) is 5.69 Å². The molecular weight excluding hydrogens is 246 g/mol. The SMILES string of the molecule is NC(=O)c1ccccc1NC(=O)C(=O)N1CCCC1. The molecule has 1 aliphatic rings. The van der Waals surface area contributed by atoms with Gasteiger partial charge in [-0.05, 0) is 25.0 Å². The first-order valence-corrected chi connectivity index (χ1v) is 6.08. The number of hydrogen-bond donors (Lipinski definition) is 2. The fourth-order valence-corrected chi connectivity index (χ4v) is 2.05. The van der Waals surface area contributed by atoms with Crippen LogP contribution >= 0.6 is 0 Å². The molecule has 6 heteroatoms. The van der Waals surface area contributed by atoms with Gasteiger partial charge < -0.3 is 16.0 Å². The second-order valence-corrected chi connectivity index (χ2v) is 4.36. The van der Waals surface area contributed by atoms with Gasteiger partial charge in [0.1, 0.15) is 0 Å². The summed E-state index contributed by atoms with van der Waals surface area (Å²) in [5, 5.41) is 2.44. The standard InChI is InChI=1S/C13H15N3O3/c14-11(17)9-5-1-2-6-10(9)15-12(18)13(19)16-7-3-4-8-16/h1-2,5-6H,3-4,7-8H2,(H2,14,17)(H,15,18). The van der Waals surface area contributed by atoms with Gasteiger partial charge in [-0.1, -0.05) is 12.1 Å². The minimum absolute atomic E-state index is 0.185. The Bertz CT molecular complexity index is 522. The topological polar surface area (TPSA) is 92.5 Å². The van der Waals surface area contributed by atoms with E-state index in [1.165, 1.54) is 17.0 Å². The van der Waals surface area contributed by atoms with E-state index in [9.17, 15) is 14.4 Å². The zero-order valence-corrected chi connectivity index (χ0v) is 10.4. The average molecular weight is 261 g/mol. The monoisotopic (exact) mass is 261 g/mol. The van der Waals surface area contributed by atoms with E-state index in [0.29, 0.717) is 13.1 Å². The van der Waals surface area contributed by atoms with Gasteiger partial charge in [-0.3, -0.25) is 14.4 Å². The van der Waals surface area contributed by atoms with Crippen LogP contribution in [-0.2, 0) is 9.59 Å². The fraction of sp³-hybridized carbons (Fsp3) is 0.308. The Labute approximate surface area is 110 Å². The number of nitrogens with zero attached hydrogens (tertiary/aromatic N) is 1. The van der Waals surface area contributed by atoms with E-state index in [2.05, 4.69) is 5.32 Å². The maximum absolute atomic E-state index is 11.8. The molecule has 1 aromatic carbocycles. The predicted octanol–water partition coefficient (Wildman–Crippen LogP) is 0.346. The molecule has 3 amide bonds. The van der Waals surface area contributed by atoms with E-state index in [4.69, 9.17) is 5.73 Å². The highest BCUT2D eigenvalue weighted by molar-refractivity contribution is 6.39. The zero-order valence-electron chi connectivity index (χ0n) is 10.4. The van der Waals surface area contributed by atoms with Crippen LogP contribution in [0.1, 0.15) is 23.2 Å². The summed E-state index contributed by atoms with van der Waals surface area (Å²) in [4.78, 5) is 36.4. The van der Waals surface area contributed by atoms with Gasteiger partial charge in [-0.15, -0.1) is 0 Å². The molecule has 0 unspecified atom stereocenters. The molecule has 0 saturated carbocycles. The van der Waals surface area contributed by atoms with Gasteiger partial charge in [-0.25, -0.2) is 0 Å². The summed E-state index contributed by atoms with van der Waals surface area (Å²) >= 11 is 0. The van der Waals surface area contributed by atoms with Crippen molar-refractivity contribution in [1.29, 1.82) is 0 Å². The summed E-state index contributed by atoms with van der Waals surface area (Å²) in [7, 11) is 0. The van der Waals surface area contributed by atoms with Crippen molar-refractivity contribution in [2.45, 2.75) is 12.8 Å². The van der Waals surface area contributed by atoms with Gasteiger partial charge in [-0.2, -0.15) is 0 Å². The zero-order chi connectivity index (χ0) is 13.8. The van der Waals surface area contributed by atoms with Crippen LogP contribution in [0.5, 0.6) is 0 Å². The molecule has 6 nitrogen and oxygen atoms in total. The third-order valence-electron chi connectivity index (χ3n) is 3.03. The van der Waals surface area contributed by atoms with Gasteiger partial charge in [0, 0.05) is 13.1 Å². The first-order valence-electron chi connectivity index (χ1n) is 6.08. The van der Waals surface area contributed by atoms with E-state index in [1.54, 1.807) is 12.1 Å². The van der Waals surface area contributed by atoms with Crippen molar-refractivity contribution < 1.29 is 14.4 Å². The lowest BCUT2D eigenvalue weighted by atomic mass is 10.1. The van der Waals surface area contributed by atoms with Gasteiger partial charge in [0.05, 0.1) is 11.3 Å². The Morgan fingerprint density at radius 1 is 1.11 bits per heavy atom. The van der Waals surface area contributed by atoms with Crippen molar-refractivity contribution in [3.05, 3.63) is 29.8 Å². The Morgan fingerprint density at radius 3 is 2.37 bits per heavy atom. The van der Waals surface area contributed by atoms with Crippen molar-refractivity contribution in [3.63, 3.8) is 0 Å². The van der Waals surface area contributed by atoms with Crippen LogP contribution in [0.3, 0.4) is 0 Å². The van der Waals surface area contributed by atoms with Crippen molar-refractivity contribution in [1.82, 2.24) is 4.90 Å². The Balaban J connectivity index is 2.10. The summed E-state index contributed by atoms with van der Waals surface area (Å²) in [6, 6.07) is 6.33. The lowest BCUT2D eigenvalue weighted by Gasteiger charge is -2.15. The highest BCUT2D eigenvalue weighted by atomic mass is 16.2. The number of anilines is 1. The van der Waals surface area contributed by atoms with Crippen LogP contribution in [0, 0.1) is 0 Å². The molecule has 19 heavy (non-hydrogen) atoms. The minimum atomic E-state index is -0.740. The van der Waals surface area contributed by atoms with E-state index >= 15 is 0 Å². The van der Waals surface area contributed by atoms with Gasteiger partial charge in [0.15, 0.2) is 0 Å². The quantitative estimate of drug-likeness (QED) is 0.752. The van der Waals surface area contributed by atoms with Crippen LogP contribution in [0.25, 0.3) is 0 Å². The van der Waals surface area contributed by atoms with E-state index in [-0.39, 0.29) is 11.3 Å². The molecule has 2 rings (SSSR count). The number of carbonyl (C=O) groups is 3. The molecule has 0 atom stereocenters. The largest absolute Gasteiger partial charge is 0.366 e. The number of para-hydroxylation sites is 1. The molecule has 0 spiro atoms. The number of likely N-dealkylation sites (tertiary alicyclic amines) is 1. The Kier molecular flexibility index (Phi) is 3.79. The third-order valence-corrected chi connectivity index (χ3v) is 3.03. The summed E-state index contributed by atoms with van der Waals surface area (Å²) in [6.07, 6.45) is 1.83. The number of carbonyl (C=O) groups excluding carboxylic acids is 3. The number of nitrogens with one attached hydrogen (secondary N) is 1. The van der Waals surface area contributed by atoms with Crippen molar-refractivity contribution in [2.75, 3.05) is 18.4 Å². The van der Waals surface area contributed by atoms with E-state index in [1.807, 2.05) is 0 Å². The maximum Gasteiger partial charge on any atom is 0.313 e. The Hall–Kier alpha value is -2.37. The number of benzene rings is 1. The molecule has 1 aromatic rings. The van der Waals surface area contributed by atoms with Crippen LogP contribution < -0.4 is 11.1 Å². The van der Waals surface area contributed by atoms with Gasteiger partial charge in [0.25, 0.3) is 5.91 Å². The molecule has 1 saturated heterocycles. The molecule has 1 aliphatic heterocycles. The second kappa shape index (κ2) is 5.51. The number of nitrogens with two attached hydrogens (primary N) is 1. The van der Waals surface area contributed by atoms with Gasteiger partial charge in [0.2, 0.25) is 0 Å². The molecule has 0 bridgehead atoms. The number of amides is 3. The minimum Gasteiger partial charge on any atom is -0.366 e. The van der Waals surface area contributed by atoms with Crippen molar-refractivity contribution in [2.24, 2.45) is 5.73 Å². The normalized spacial score (nSPS) is 14.2. The van der Waals surface area contributed by atoms with Crippen LogP contribution in [0.15, 0.2) is 24.3 Å². The summed E-state index contributed by atoms with van der Waals surface area (Å²) < 4.78 is 0. The third kappa shape index (κ3) is 2.90. The molecule has 0 aromatic heterocycles. The van der Waals surface area contributed by atoms with E-state index in [0.717, 1.165) is 12.8 Å². The van der Waals surface area contributed by atoms with Crippen molar-refractivity contribution in [3.8, 4) is 0 Å². The first-order chi connectivity index (χ1) is 9.09. The Morgan fingerprint density at radius 2 is 1.74 bits per heavy atom. The van der Waals surface area contributed by atoms with Gasteiger partial charge >= 0.3 is 11.8 Å². The first kappa shape index (κ1) is 13.1.